The molecule has 0 aromatic carbocycles. The van der Waals surface area contributed by atoms with Crippen LogP contribution in [0, 0.1) is 0 Å². The Kier molecular flexibility index (Phi) is 3.76. The van der Waals surface area contributed by atoms with Crippen molar-refractivity contribution >= 4 is 10.0 Å². The summed E-state index contributed by atoms with van der Waals surface area (Å²) in [6, 6.07) is 3.54. The van der Waals surface area contributed by atoms with Gasteiger partial charge in [-0.1, -0.05) is 0 Å². The van der Waals surface area contributed by atoms with Gasteiger partial charge < -0.3 is 5.32 Å². The zero-order chi connectivity index (χ0) is 12.3. The van der Waals surface area contributed by atoms with Gasteiger partial charge in [0.2, 0.25) is 10.0 Å². The van der Waals surface area contributed by atoms with Crippen LogP contribution < -0.4 is 10.0 Å². The summed E-state index contributed by atoms with van der Waals surface area (Å²) < 4.78 is 26.8. The quantitative estimate of drug-likeness (QED) is 0.825. The Morgan fingerprint density at radius 3 is 3.00 bits per heavy atom. The molecule has 0 radical (unpaired) electrons. The summed E-state index contributed by atoms with van der Waals surface area (Å²) in [5.74, 6) is 0. The predicted molar refractivity (Wildman–Crippen MR) is 65.0 cm³/mol. The highest BCUT2D eigenvalue weighted by Gasteiger charge is 2.24. The van der Waals surface area contributed by atoms with Gasteiger partial charge in [0.15, 0.2) is 0 Å². The summed E-state index contributed by atoms with van der Waals surface area (Å²) in [5, 5.41) is 3.29. The van der Waals surface area contributed by atoms with E-state index in [1.807, 2.05) is 0 Å². The number of nitrogens with zero attached hydrogens (tertiary/aromatic N) is 1. The van der Waals surface area contributed by atoms with Gasteiger partial charge >= 0.3 is 0 Å². The Balaban J connectivity index is 2.07. The van der Waals surface area contributed by atoms with Gasteiger partial charge in [0.25, 0.3) is 0 Å². The van der Waals surface area contributed by atoms with E-state index in [0.717, 1.165) is 19.4 Å². The molecule has 0 amide bonds. The van der Waals surface area contributed by atoms with Gasteiger partial charge in [0.05, 0.1) is 0 Å². The van der Waals surface area contributed by atoms with Crippen molar-refractivity contribution in [3.63, 3.8) is 0 Å². The molecule has 1 fully saturated rings. The molecule has 2 unspecified atom stereocenters. The average Bonchev–Trinajstić information content (AvgIpc) is 2.29. The summed E-state index contributed by atoms with van der Waals surface area (Å²) in [5.41, 5.74) is 0. The van der Waals surface area contributed by atoms with E-state index in [1.165, 1.54) is 6.20 Å². The molecule has 1 saturated heterocycles. The maximum absolute atomic E-state index is 12.0. The van der Waals surface area contributed by atoms with Crippen LogP contribution in [-0.4, -0.2) is 32.0 Å². The maximum Gasteiger partial charge on any atom is 0.242 e. The number of hydrogen-bond donors (Lipinski definition) is 2. The molecule has 2 atom stereocenters. The number of aromatic nitrogens is 1. The lowest BCUT2D eigenvalue weighted by molar-refractivity contribution is 0.361. The van der Waals surface area contributed by atoms with E-state index in [2.05, 4.69) is 21.9 Å². The van der Waals surface area contributed by atoms with Crippen molar-refractivity contribution in [2.24, 2.45) is 0 Å². The second-order valence-corrected chi connectivity index (χ2v) is 6.10. The third kappa shape index (κ3) is 3.24. The Morgan fingerprint density at radius 1 is 1.53 bits per heavy atom. The van der Waals surface area contributed by atoms with Gasteiger partial charge in [0.1, 0.15) is 4.90 Å². The van der Waals surface area contributed by atoms with E-state index in [-0.39, 0.29) is 10.9 Å². The van der Waals surface area contributed by atoms with Crippen LogP contribution in [0.15, 0.2) is 29.4 Å². The average molecular weight is 255 g/mol. The molecule has 2 N–H and O–H groups in total. The largest absolute Gasteiger partial charge is 0.314 e. The van der Waals surface area contributed by atoms with Gasteiger partial charge in [-0.25, -0.2) is 13.1 Å². The SMILES string of the molecule is CC1CC(NS(=O)(=O)c2cccnc2)CCN1. The van der Waals surface area contributed by atoms with Crippen LogP contribution in [0.25, 0.3) is 0 Å². The molecular formula is C11H17N3O2S. The smallest absolute Gasteiger partial charge is 0.242 e. The molecule has 0 saturated carbocycles. The van der Waals surface area contributed by atoms with Crippen LogP contribution in [-0.2, 0) is 10.0 Å². The van der Waals surface area contributed by atoms with Gasteiger partial charge in [-0.2, -0.15) is 0 Å². The molecule has 1 aromatic heterocycles. The highest BCUT2D eigenvalue weighted by molar-refractivity contribution is 7.89. The van der Waals surface area contributed by atoms with E-state index in [9.17, 15) is 8.42 Å². The highest BCUT2D eigenvalue weighted by Crippen LogP contribution is 2.13. The molecule has 1 aliphatic heterocycles. The van der Waals surface area contributed by atoms with E-state index >= 15 is 0 Å². The third-order valence-corrected chi connectivity index (χ3v) is 4.40. The van der Waals surface area contributed by atoms with Gasteiger partial charge in [-0.05, 0) is 38.4 Å². The molecule has 0 bridgehead atoms. The van der Waals surface area contributed by atoms with E-state index < -0.39 is 10.0 Å². The van der Waals surface area contributed by atoms with Crippen LogP contribution in [0.3, 0.4) is 0 Å². The van der Waals surface area contributed by atoms with E-state index in [4.69, 9.17) is 0 Å². The first-order valence-corrected chi connectivity index (χ1v) is 7.22. The zero-order valence-corrected chi connectivity index (χ0v) is 10.6. The van der Waals surface area contributed by atoms with Crippen molar-refractivity contribution in [3.8, 4) is 0 Å². The Morgan fingerprint density at radius 2 is 2.35 bits per heavy atom. The van der Waals surface area contributed by atoms with E-state index in [1.54, 1.807) is 18.3 Å². The van der Waals surface area contributed by atoms with Crippen LogP contribution in [0.2, 0.25) is 0 Å². The summed E-state index contributed by atoms with van der Waals surface area (Å²) in [6.45, 7) is 2.91. The Labute approximate surface area is 102 Å². The minimum absolute atomic E-state index is 0.0106. The van der Waals surface area contributed by atoms with Crippen molar-refractivity contribution in [1.29, 1.82) is 0 Å². The number of rotatable bonds is 3. The lowest BCUT2D eigenvalue weighted by Crippen LogP contribution is -2.46. The fourth-order valence-electron chi connectivity index (χ4n) is 2.03. The number of piperidine rings is 1. The van der Waals surface area contributed by atoms with Crippen LogP contribution >= 0.6 is 0 Å². The lowest BCUT2D eigenvalue weighted by Gasteiger charge is -2.28. The molecule has 17 heavy (non-hydrogen) atoms. The highest BCUT2D eigenvalue weighted by atomic mass is 32.2. The van der Waals surface area contributed by atoms with Gasteiger partial charge in [0, 0.05) is 24.5 Å². The second-order valence-electron chi connectivity index (χ2n) is 4.39. The Hall–Kier alpha value is -0.980. The molecule has 0 aliphatic carbocycles. The molecule has 1 aliphatic rings. The lowest BCUT2D eigenvalue weighted by atomic mass is 10.0. The van der Waals surface area contributed by atoms with Crippen molar-refractivity contribution in [2.45, 2.75) is 36.7 Å². The second kappa shape index (κ2) is 5.12. The first kappa shape index (κ1) is 12.5. The number of sulfonamides is 1. The zero-order valence-electron chi connectivity index (χ0n) is 9.76. The van der Waals surface area contributed by atoms with Crippen LogP contribution in [0.4, 0.5) is 0 Å². The van der Waals surface area contributed by atoms with Crippen molar-refractivity contribution in [2.75, 3.05) is 6.54 Å². The summed E-state index contributed by atoms with van der Waals surface area (Å²) in [4.78, 5) is 4.06. The minimum Gasteiger partial charge on any atom is -0.314 e. The summed E-state index contributed by atoms with van der Waals surface area (Å²) in [6.07, 6.45) is 4.57. The topological polar surface area (TPSA) is 71.1 Å². The summed E-state index contributed by atoms with van der Waals surface area (Å²) >= 11 is 0. The molecule has 1 aromatic rings. The standard InChI is InChI=1S/C11H17N3O2S/c1-9-7-10(4-6-13-9)14-17(15,16)11-3-2-5-12-8-11/h2-3,5,8-10,13-14H,4,6-7H2,1H3. The number of pyridine rings is 1. The molecule has 2 heterocycles. The monoisotopic (exact) mass is 255 g/mol. The third-order valence-electron chi connectivity index (χ3n) is 2.89. The molecule has 0 spiro atoms. The fraction of sp³-hybridized carbons (Fsp3) is 0.545. The molecule has 6 heteroatoms. The molecular weight excluding hydrogens is 238 g/mol. The van der Waals surface area contributed by atoms with Crippen molar-refractivity contribution in [1.82, 2.24) is 15.0 Å². The Bertz CT molecular complexity index is 461. The normalized spacial score (nSPS) is 25.7. The fourth-order valence-corrected chi connectivity index (χ4v) is 3.28. The van der Waals surface area contributed by atoms with Crippen molar-refractivity contribution < 1.29 is 8.42 Å². The van der Waals surface area contributed by atoms with E-state index in [0.29, 0.717) is 6.04 Å². The van der Waals surface area contributed by atoms with Crippen molar-refractivity contribution in [3.05, 3.63) is 24.5 Å². The molecule has 94 valence electrons. The minimum atomic E-state index is -3.42. The van der Waals surface area contributed by atoms with Gasteiger partial charge in [-0.3, -0.25) is 4.98 Å². The first-order valence-electron chi connectivity index (χ1n) is 5.73. The number of nitrogens with one attached hydrogen (secondary N) is 2. The predicted octanol–water partition coefficient (Wildman–Crippen LogP) is 0.500. The van der Waals surface area contributed by atoms with Gasteiger partial charge in [-0.15, -0.1) is 0 Å². The van der Waals surface area contributed by atoms with Crippen LogP contribution in [0.1, 0.15) is 19.8 Å². The first-order chi connectivity index (χ1) is 8.08. The molecule has 2 rings (SSSR count). The van der Waals surface area contributed by atoms with Crippen LogP contribution in [0.5, 0.6) is 0 Å². The number of hydrogen-bond acceptors (Lipinski definition) is 4. The summed E-state index contributed by atoms with van der Waals surface area (Å²) in [7, 11) is -3.42. The maximum atomic E-state index is 12.0. The molecule has 5 nitrogen and oxygen atoms in total.